The van der Waals surface area contributed by atoms with Gasteiger partial charge in [-0.15, -0.1) is 0 Å². The van der Waals surface area contributed by atoms with Gasteiger partial charge in [-0.05, 0) is 61.4 Å². The number of anilines is 2. The molecule has 0 bridgehead atoms. The molecule has 0 aliphatic rings. The molecule has 0 saturated heterocycles. The maximum atomic E-state index is 12.7. The lowest BCUT2D eigenvalue weighted by molar-refractivity contribution is -0.121. The van der Waals surface area contributed by atoms with E-state index in [1.54, 1.807) is 43.3 Å². The molecule has 1 unspecified atom stereocenters. The van der Waals surface area contributed by atoms with Crippen LogP contribution in [0.25, 0.3) is 0 Å². The number of hydrogen-bond acceptors (Lipinski definition) is 5. The third kappa shape index (κ3) is 7.23. The van der Waals surface area contributed by atoms with E-state index in [2.05, 4.69) is 16.0 Å². The van der Waals surface area contributed by atoms with Crippen molar-refractivity contribution in [2.45, 2.75) is 26.3 Å². The summed E-state index contributed by atoms with van der Waals surface area (Å²) < 4.78 is 11.0. The third-order valence-electron chi connectivity index (χ3n) is 5.32. The number of carboxylic acid groups (broad SMARTS) is 1. The molecule has 0 saturated carbocycles. The topological polar surface area (TPSA) is 126 Å². The Morgan fingerprint density at radius 1 is 0.944 bits per heavy atom. The van der Waals surface area contributed by atoms with Gasteiger partial charge in [0.25, 0.3) is 0 Å². The summed E-state index contributed by atoms with van der Waals surface area (Å²) in [5, 5.41) is 17.4. The number of ether oxygens (including phenoxy) is 2. The zero-order valence-corrected chi connectivity index (χ0v) is 20.3. The van der Waals surface area contributed by atoms with Crippen LogP contribution in [0.2, 0.25) is 0 Å². The number of hydrogen-bond donors (Lipinski definition) is 4. The number of carbonyl (C=O) groups is 3. The average molecular weight is 492 g/mol. The lowest BCUT2D eigenvalue weighted by atomic mass is 10.1. The molecule has 3 rings (SSSR count). The van der Waals surface area contributed by atoms with Crippen LogP contribution in [0.5, 0.6) is 11.5 Å². The van der Waals surface area contributed by atoms with Gasteiger partial charge in [-0.25, -0.2) is 9.59 Å². The zero-order chi connectivity index (χ0) is 26.1. The second-order valence-electron chi connectivity index (χ2n) is 8.17. The summed E-state index contributed by atoms with van der Waals surface area (Å²) in [4.78, 5) is 36.3. The van der Waals surface area contributed by atoms with Crippen LogP contribution in [0.15, 0.2) is 66.7 Å². The average Bonchev–Trinajstić information content (AvgIpc) is 2.85. The minimum atomic E-state index is -1.01. The van der Waals surface area contributed by atoms with Crippen LogP contribution in [0.1, 0.15) is 28.4 Å². The molecule has 0 aliphatic heterocycles. The summed E-state index contributed by atoms with van der Waals surface area (Å²) in [6.07, 6.45) is 0.00876. The van der Waals surface area contributed by atoms with Crippen LogP contribution in [0.4, 0.5) is 16.2 Å². The molecule has 0 radical (unpaired) electrons. The Kier molecular flexibility index (Phi) is 8.88. The quantitative estimate of drug-likeness (QED) is 0.332. The fraction of sp³-hybridized carbons (Fsp3) is 0.222. The second-order valence-corrected chi connectivity index (χ2v) is 8.17. The van der Waals surface area contributed by atoms with Crippen molar-refractivity contribution in [2.24, 2.45) is 0 Å². The van der Waals surface area contributed by atoms with Crippen molar-refractivity contribution in [2.75, 3.05) is 24.4 Å². The summed E-state index contributed by atoms with van der Waals surface area (Å²) in [6, 6.07) is 17.9. The van der Waals surface area contributed by atoms with E-state index in [0.717, 1.165) is 5.56 Å². The van der Waals surface area contributed by atoms with Gasteiger partial charge in [0.05, 0.1) is 30.8 Å². The number of carbonyl (C=O) groups excluding carboxylic acids is 2. The van der Waals surface area contributed by atoms with Gasteiger partial charge >= 0.3 is 12.0 Å². The van der Waals surface area contributed by atoms with E-state index in [4.69, 9.17) is 14.6 Å². The number of methoxy groups -OCH3 is 1. The Morgan fingerprint density at radius 3 is 2.33 bits per heavy atom. The smallest absolute Gasteiger partial charge is 0.335 e. The molecular formula is C27H29N3O6. The van der Waals surface area contributed by atoms with E-state index in [-0.39, 0.29) is 30.5 Å². The van der Waals surface area contributed by atoms with Gasteiger partial charge in [-0.1, -0.05) is 30.3 Å². The van der Waals surface area contributed by atoms with Gasteiger partial charge in [0.1, 0.15) is 18.1 Å². The molecule has 0 aliphatic carbocycles. The molecule has 36 heavy (non-hydrogen) atoms. The van der Waals surface area contributed by atoms with Crippen LogP contribution in [0.3, 0.4) is 0 Å². The minimum Gasteiger partial charge on any atom is -0.495 e. The first-order chi connectivity index (χ1) is 17.3. The lowest BCUT2D eigenvalue weighted by Gasteiger charge is -2.18. The molecule has 3 aromatic carbocycles. The second kappa shape index (κ2) is 12.3. The van der Waals surface area contributed by atoms with Crippen molar-refractivity contribution in [1.82, 2.24) is 5.32 Å². The number of rotatable bonds is 10. The zero-order valence-electron chi connectivity index (χ0n) is 20.3. The highest BCUT2D eigenvalue weighted by atomic mass is 16.5. The van der Waals surface area contributed by atoms with Gasteiger partial charge in [0.2, 0.25) is 5.91 Å². The summed E-state index contributed by atoms with van der Waals surface area (Å²) in [5.74, 6) is -0.342. The fourth-order valence-corrected chi connectivity index (χ4v) is 3.47. The normalized spacial score (nSPS) is 11.2. The van der Waals surface area contributed by atoms with Gasteiger partial charge in [0.15, 0.2) is 0 Å². The Hall–Kier alpha value is -4.53. The first-order valence-electron chi connectivity index (χ1n) is 11.3. The van der Waals surface area contributed by atoms with Crippen LogP contribution in [-0.2, 0) is 11.2 Å². The van der Waals surface area contributed by atoms with E-state index >= 15 is 0 Å². The van der Waals surface area contributed by atoms with Gasteiger partial charge in [-0.3, -0.25) is 4.79 Å². The number of aromatic carboxylic acids is 1. The highest BCUT2D eigenvalue weighted by Gasteiger charge is 2.17. The molecule has 4 N–H and O–H groups in total. The van der Waals surface area contributed by atoms with E-state index in [1.807, 2.05) is 25.1 Å². The summed E-state index contributed by atoms with van der Waals surface area (Å²) in [5.41, 5.74) is 2.75. The van der Waals surface area contributed by atoms with Crippen LogP contribution in [0, 0.1) is 6.92 Å². The van der Waals surface area contributed by atoms with E-state index < -0.39 is 12.0 Å². The first kappa shape index (κ1) is 26.1. The van der Waals surface area contributed by atoms with Gasteiger partial charge in [0, 0.05) is 5.69 Å². The predicted octanol–water partition coefficient (Wildman–Crippen LogP) is 4.47. The van der Waals surface area contributed by atoms with Gasteiger partial charge < -0.3 is 30.5 Å². The largest absolute Gasteiger partial charge is 0.495 e. The molecule has 0 fully saturated rings. The molecule has 1 atom stereocenters. The van der Waals surface area contributed by atoms with Crippen LogP contribution in [-0.4, -0.2) is 42.8 Å². The molecule has 188 valence electrons. The summed E-state index contributed by atoms with van der Waals surface area (Å²) in [6.45, 7) is 3.88. The number of benzene rings is 3. The predicted molar refractivity (Wildman–Crippen MR) is 137 cm³/mol. The molecule has 0 aromatic heterocycles. The Morgan fingerprint density at radius 2 is 1.67 bits per heavy atom. The number of urea groups is 1. The van der Waals surface area contributed by atoms with Gasteiger partial charge in [-0.2, -0.15) is 0 Å². The summed E-state index contributed by atoms with van der Waals surface area (Å²) in [7, 11) is 1.49. The Labute approximate surface area is 209 Å². The standard InChI is InChI=1S/C27H29N3O6/c1-17-7-4-5-9-22(17)29-27(34)30-25-20(8-6-10-23(25)35-3)15-24(31)28-18(2)16-36-21-13-11-19(12-14-21)26(32)33/h4-14,18H,15-16H2,1-3H3,(H,28,31)(H,32,33)(H2,29,30,34). The molecule has 9 heteroatoms. The Bertz CT molecular complexity index is 1230. The Balaban J connectivity index is 1.60. The number of nitrogens with one attached hydrogen (secondary N) is 3. The molecular weight excluding hydrogens is 462 g/mol. The number of aryl methyl sites for hydroxylation is 1. The minimum absolute atomic E-state index is 0.00876. The SMILES string of the molecule is COc1cccc(CC(=O)NC(C)COc2ccc(C(=O)O)cc2)c1NC(=O)Nc1ccccc1C. The van der Waals surface area contributed by atoms with Crippen LogP contribution < -0.4 is 25.4 Å². The maximum Gasteiger partial charge on any atom is 0.335 e. The molecule has 0 heterocycles. The monoisotopic (exact) mass is 491 g/mol. The number of amides is 3. The molecule has 9 nitrogen and oxygen atoms in total. The van der Waals surface area contributed by atoms with Crippen molar-refractivity contribution < 1.29 is 29.0 Å². The number of carboxylic acids is 1. The fourth-order valence-electron chi connectivity index (χ4n) is 3.47. The van der Waals surface area contributed by atoms with Crippen molar-refractivity contribution in [1.29, 1.82) is 0 Å². The van der Waals surface area contributed by atoms with E-state index in [0.29, 0.717) is 28.4 Å². The third-order valence-corrected chi connectivity index (χ3v) is 5.32. The highest BCUT2D eigenvalue weighted by Crippen LogP contribution is 2.29. The lowest BCUT2D eigenvalue weighted by Crippen LogP contribution is -2.37. The highest BCUT2D eigenvalue weighted by molar-refractivity contribution is 6.02. The molecule has 3 amide bonds. The van der Waals surface area contributed by atoms with E-state index in [1.165, 1.54) is 19.2 Å². The molecule has 0 spiro atoms. The summed E-state index contributed by atoms with van der Waals surface area (Å²) >= 11 is 0. The first-order valence-corrected chi connectivity index (χ1v) is 11.3. The molecule has 3 aromatic rings. The van der Waals surface area contributed by atoms with Crippen molar-refractivity contribution in [3.8, 4) is 11.5 Å². The van der Waals surface area contributed by atoms with Crippen molar-refractivity contribution in [3.05, 3.63) is 83.4 Å². The van der Waals surface area contributed by atoms with Crippen molar-refractivity contribution >= 4 is 29.3 Å². The van der Waals surface area contributed by atoms with Crippen molar-refractivity contribution in [3.63, 3.8) is 0 Å². The maximum absolute atomic E-state index is 12.7. The van der Waals surface area contributed by atoms with E-state index in [9.17, 15) is 14.4 Å². The number of para-hydroxylation sites is 2. The van der Waals surface area contributed by atoms with Crippen LogP contribution >= 0.6 is 0 Å².